The zero-order chi connectivity index (χ0) is 23.5. The van der Waals surface area contributed by atoms with Crippen LogP contribution in [0.2, 0.25) is 15.1 Å². The minimum Gasteiger partial charge on any atom is -0.493 e. The lowest BCUT2D eigenvalue weighted by Gasteiger charge is -2.14. The number of halogens is 3. The number of nitrogens with one attached hydrogen (secondary N) is 1. The van der Waals surface area contributed by atoms with E-state index in [9.17, 15) is 9.59 Å². The third-order valence-electron chi connectivity index (χ3n) is 4.74. The number of fused-ring (bicyclic) bond motifs is 1. The second-order valence-corrected chi connectivity index (χ2v) is 8.15. The molecular weight excluding hydrogens is 489 g/mol. The highest BCUT2D eigenvalue weighted by Crippen LogP contribution is 2.37. The number of aromatic nitrogens is 2. The molecule has 3 aromatic carbocycles. The molecule has 1 heterocycles. The predicted molar refractivity (Wildman–Crippen MR) is 131 cm³/mol. The van der Waals surface area contributed by atoms with Crippen molar-refractivity contribution < 1.29 is 9.47 Å². The molecule has 168 valence electrons. The predicted octanol–water partition coefficient (Wildman–Crippen LogP) is 5.12. The summed E-state index contributed by atoms with van der Waals surface area (Å²) in [7, 11) is 1.47. The van der Waals surface area contributed by atoms with Crippen molar-refractivity contribution >= 4 is 51.9 Å². The minimum atomic E-state index is -0.659. The number of para-hydroxylation sites is 1. The minimum absolute atomic E-state index is 0.140. The van der Waals surface area contributed by atoms with Gasteiger partial charge in [0.05, 0.1) is 29.2 Å². The van der Waals surface area contributed by atoms with Gasteiger partial charge in [-0.05, 0) is 42.0 Å². The fourth-order valence-electron chi connectivity index (χ4n) is 3.13. The van der Waals surface area contributed by atoms with Crippen molar-refractivity contribution in [1.29, 1.82) is 0 Å². The number of hydrogen-bond acceptors (Lipinski definition) is 5. The topological polar surface area (TPSA) is 85.7 Å². The van der Waals surface area contributed by atoms with Crippen LogP contribution in [-0.2, 0) is 6.61 Å². The SMILES string of the molecule is COc1cc(C=Nn2c(=O)[nH]c3ccccc3c2=O)cc(Cl)c1OCc1ccc(Cl)cc1Cl. The van der Waals surface area contributed by atoms with Crippen molar-refractivity contribution in [2.75, 3.05) is 7.11 Å². The first-order valence-electron chi connectivity index (χ1n) is 9.60. The molecule has 0 amide bonds. The molecule has 0 fully saturated rings. The van der Waals surface area contributed by atoms with Gasteiger partial charge in [0, 0.05) is 15.6 Å². The van der Waals surface area contributed by atoms with Crippen LogP contribution < -0.4 is 20.7 Å². The molecule has 0 bridgehead atoms. The standard InChI is InChI=1S/C23H16Cl3N3O4/c1-32-20-9-13(8-18(26)21(20)33-12-14-6-7-15(24)10-17(14)25)11-27-29-22(30)16-4-2-3-5-19(16)28-23(29)31/h2-11H,12H2,1H3,(H,28,31). The van der Waals surface area contributed by atoms with E-state index in [1.165, 1.54) is 13.3 Å². The smallest absolute Gasteiger partial charge is 0.349 e. The third kappa shape index (κ3) is 4.90. The molecule has 0 aliphatic rings. The van der Waals surface area contributed by atoms with Gasteiger partial charge in [-0.1, -0.05) is 53.0 Å². The second-order valence-electron chi connectivity index (χ2n) is 6.90. The van der Waals surface area contributed by atoms with Crippen molar-refractivity contribution in [1.82, 2.24) is 9.66 Å². The van der Waals surface area contributed by atoms with Crippen LogP contribution in [0.4, 0.5) is 0 Å². The van der Waals surface area contributed by atoms with Crippen LogP contribution in [-0.4, -0.2) is 23.0 Å². The van der Waals surface area contributed by atoms with E-state index >= 15 is 0 Å². The molecule has 10 heteroatoms. The van der Waals surface area contributed by atoms with E-state index in [-0.39, 0.29) is 11.6 Å². The molecule has 33 heavy (non-hydrogen) atoms. The Morgan fingerprint density at radius 1 is 1.03 bits per heavy atom. The Kier molecular flexibility index (Phi) is 6.74. The summed E-state index contributed by atoms with van der Waals surface area (Å²) in [6.07, 6.45) is 1.33. The molecule has 0 spiro atoms. The van der Waals surface area contributed by atoms with Gasteiger partial charge >= 0.3 is 5.69 Å². The van der Waals surface area contributed by atoms with Gasteiger partial charge in [0.15, 0.2) is 11.5 Å². The van der Waals surface area contributed by atoms with Gasteiger partial charge in [0.2, 0.25) is 0 Å². The monoisotopic (exact) mass is 503 g/mol. The van der Waals surface area contributed by atoms with Gasteiger partial charge in [-0.15, -0.1) is 4.68 Å². The van der Waals surface area contributed by atoms with Gasteiger partial charge in [-0.2, -0.15) is 5.10 Å². The maximum Gasteiger partial charge on any atom is 0.349 e. The van der Waals surface area contributed by atoms with E-state index in [1.54, 1.807) is 54.6 Å². The van der Waals surface area contributed by atoms with Crippen LogP contribution in [0.25, 0.3) is 10.9 Å². The van der Waals surface area contributed by atoms with Gasteiger partial charge in [0.1, 0.15) is 6.61 Å². The zero-order valence-corrected chi connectivity index (χ0v) is 19.4. The molecular formula is C23H16Cl3N3O4. The average Bonchev–Trinajstić information content (AvgIpc) is 2.79. The molecule has 0 saturated heterocycles. The summed E-state index contributed by atoms with van der Waals surface area (Å²) in [5, 5.41) is 5.61. The highest BCUT2D eigenvalue weighted by atomic mass is 35.5. The Hall–Kier alpha value is -3.26. The molecule has 7 nitrogen and oxygen atoms in total. The van der Waals surface area contributed by atoms with E-state index in [4.69, 9.17) is 44.3 Å². The summed E-state index contributed by atoms with van der Waals surface area (Å²) in [6.45, 7) is 0.140. The number of methoxy groups -OCH3 is 1. The van der Waals surface area contributed by atoms with E-state index in [2.05, 4.69) is 10.1 Å². The van der Waals surface area contributed by atoms with Crippen LogP contribution in [0.15, 0.2) is 69.3 Å². The molecule has 0 atom stereocenters. The third-order valence-corrected chi connectivity index (χ3v) is 5.61. The fourth-order valence-corrected chi connectivity index (χ4v) is 3.86. The number of rotatable bonds is 6. The first kappa shape index (κ1) is 22.9. The number of benzene rings is 3. The van der Waals surface area contributed by atoms with Crippen molar-refractivity contribution in [3.63, 3.8) is 0 Å². The molecule has 0 radical (unpaired) electrons. The average molecular weight is 505 g/mol. The molecule has 0 aliphatic heterocycles. The number of hydrogen-bond donors (Lipinski definition) is 1. The van der Waals surface area contributed by atoms with Gasteiger partial charge in [0.25, 0.3) is 5.56 Å². The number of aromatic amines is 1. The number of nitrogens with zero attached hydrogens (tertiary/aromatic N) is 2. The molecule has 4 rings (SSSR count). The van der Waals surface area contributed by atoms with Gasteiger partial charge in [-0.3, -0.25) is 4.79 Å². The van der Waals surface area contributed by atoms with Crippen molar-refractivity contribution in [2.45, 2.75) is 6.61 Å². The summed E-state index contributed by atoms with van der Waals surface area (Å²) >= 11 is 18.5. The molecule has 1 N–H and O–H groups in total. The van der Waals surface area contributed by atoms with E-state index in [0.29, 0.717) is 38.0 Å². The fraction of sp³-hybridized carbons (Fsp3) is 0.0870. The molecule has 0 saturated carbocycles. The van der Waals surface area contributed by atoms with Crippen LogP contribution in [0.5, 0.6) is 11.5 Å². The van der Waals surface area contributed by atoms with Crippen molar-refractivity contribution in [2.24, 2.45) is 5.10 Å². The largest absolute Gasteiger partial charge is 0.493 e. The Morgan fingerprint density at radius 2 is 1.82 bits per heavy atom. The van der Waals surface area contributed by atoms with Crippen LogP contribution >= 0.6 is 34.8 Å². The van der Waals surface area contributed by atoms with E-state index < -0.39 is 11.2 Å². The Balaban J connectivity index is 1.63. The summed E-state index contributed by atoms with van der Waals surface area (Å²) < 4.78 is 12.0. The van der Waals surface area contributed by atoms with Crippen LogP contribution in [0, 0.1) is 0 Å². The highest BCUT2D eigenvalue weighted by molar-refractivity contribution is 6.35. The summed E-state index contributed by atoms with van der Waals surface area (Å²) in [5.41, 5.74) is 0.454. The summed E-state index contributed by atoms with van der Waals surface area (Å²) in [6, 6.07) is 15.0. The Labute approximate surface area is 202 Å². The Bertz CT molecular complexity index is 1500. The van der Waals surface area contributed by atoms with Crippen LogP contribution in [0.1, 0.15) is 11.1 Å². The van der Waals surface area contributed by atoms with Crippen molar-refractivity contribution in [3.05, 3.63) is 102 Å². The normalized spacial score (nSPS) is 11.3. The first-order chi connectivity index (χ1) is 15.9. The summed E-state index contributed by atoms with van der Waals surface area (Å²) in [4.78, 5) is 27.5. The molecule has 4 aromatic rings. The van der Waals surface area contributed by atoms with Crippen molar-refractivity contribution in [3.8, 4) is 11.5 Å². The lowest BCUT2D eigenvalue weighted by atomic mass is 10.2. The molecule has 0 aliphatic carbocycles. The van der Waals surface area contributed by atoms with Crippen LogP contribution in [0.3, 0.4) is 0 Å². The maximum atomic E-state index is 12.6. The van der Waals surface area contributed by atoms with Gasteiger partial charge < -0.3 is 14.5 Å². The van der Waals surface area contributed by atoms with Gasteiger partial charge in [-0.25, -0.2) is 4.79 Å². The lowest BCUT2D eigenvalue weighted by Crippen LogP contribution is -2.32. The summed E-state index contributed by atoms with van der Waals surface area (Å²) in [5.74, 6) is 0.650. The van der Waals surface area contributed by atoms with E-state index in [1.807, 2.05) is 0 Å². The number of H-pyrrole nitrogens is 1. The lowest BCUT2D eigenvalue weighted by molar-refractivity contribution is 0.285. The highest BCUT2D eigenvalue weighted by Gasteiger charge is 2.13. The first-order valence-corrected chi connectivity index (χ1v) is 10.7. The van der Waals surface area contributed by atoms with E-state index in [0.717, 1.165) is 10.2 Å². The number of ether oxygens (including phenoxy) is 2. The zero-order valence-electron chi connectivity index (χ0n) is 17.1. The molecule has 0 unspecified atom stereocenters. The Morgan fingerprint density at radius 3 is 2.58 bits per heavy atom. The maximum absolute atomic E-state index is 12.6. The second kappa shape index (κ2) is 9.70. The quantitative estimate of drug-likeness (QED) is 0.369. The molecule has 1 aromatic heterocycles.